The van der Waals surface area contributed by atoms with Gasteiger partial charge in [0.25, 0.3) is 5.69 Å². The summed E-state index contributed by atoms with van der Waals surface area (Å²) in [5.41, 5.74) is 2.99. The van der Waals surface area contributed by atoms with Crippen molar-refractivity contribution in [2.24, 2.45) is 0 Å². The average molecular weight is 354 g/mol. The van der Waals surface area contributed by atoms with Gasteiger partial charge in [0.15, 0.2) is 0 Å². The summed E-state index contributed by atoms with van der Waals surface area (Å²) < 4.78 is 5.28. The number of methoxy groups -OCH3 is 1. The van der Waals surface area contributed by atoms with Crippen molar-refractivity contribution in [3.8, 4) is 5.75 Å². The zero-order valence-electron chi connectivity index (χ0n) is 14.7. The Labute approximate surface area is 152 Å². The first-order valence-corrected chi connectivity index (χ1v) is 8.74. The Bertz CT molecular complexity index is 819. The number of carbonyl (C=O) groups excluding carboxylic acids is 1. The van der Waals surface area contributed by atoms with E-state index in [1.54, 1.807) is 25.3 Å². The summed E-state index contributed by atoms with van der Waals surface area (Å²) in [6, 6.07) is 12.5. The van der Waals surface area contributed by atoms with Crippen LogP contribution >= 0.6 is 0 Å². The highest BCUT2D eigenvalue weighted by atomic mass is 16.6. The standard InChI is InChI=1S/C20H22N2O4/c1-26-17-9-10-18-14(11-17)6-4-7-15(18)12-20(23)21-13-16-5-2-3-8-19(16)22(24)25/h2-3,5,8-11,15H,4,6-7,12-13H2,1H3,(H,21,23). The van der Waals surface area contributed by atoms with E-state index >= 15 is 0 Å². The van der Waals surface area contributed by atoms with Crippen LogP contribution in [0, 0.1) is 10.1 Å². The molecule has 0 aliphatic heterocycles. The van der Waals surface area contributed by atoms with Crippen molar-refractivity contribution in [2.45, 2.75) is 38.1 Å². The van der Waals surface area contributed by atoms with Crippen LogP contribution in [0.5, 0.6) is 5.75 Å². The molecule has 1 atom stereocenters. The third-order valence-electron chi connectivity index (χ3n) is 4.88. The fraction of sp³-hybridized carbons (Fsp3) is 0.350. The Hall–Kier alpha value is -2.89. The van der Waals surface area contributed by atoms with Crippen LogP contribution in [0.25, 0.3) is 0 Å². The predicted octanol–water partition coefficient (Wildman–Crippen LogP) is 3.73. The molecule has 1 amide bonds. The quantitative estimate of drug-likeness (QED) is 0.633. The Morgan fingerprint density at radius 3 is 2.88 bits per heavy atom. The van der Waals surface area contributed by atoms with Crippen LogP contribution < -0.4 is 10.1 Å². The number of fused-ring (bicyclic) bond motifs is 1. The number of nitrogens with one attached hydrogen (secondary N) is 1. The molecule has 3 rings (SSSR count). The molecule has 1 aliphatic rings. The molecule has 6 heteroatoms. The molecule has 0 spiro atoms. The first-order valence-electron chi connectivity index (χ1n) is 8.74. The lowest BCUT2D eigenvalue weighted by Gasteiger charge is -2.25. The second-order valence-electron chi connectivity index (χ2n) is 6.52. The summed E-state index contributed by atoms with van der Waals surface area (Å²) >= 11 is 0. The van der Waals surface area contributed by atoms with Crippen LogP contribution in [0.2, 0.25) is 0 Å². The number of carbonyl (C=O) groups is 1. The number of para-hydroxylation sites is 1. The molecule has 136 valence electrons. The van der Waals surface area contributed by atoms with Gasteiger partial charge in [0.2, 0.25) is 5.91 Å². The van der Waals surface area contributed by atoms with Crippen LogP contribution in [-0.4, -0.2) is 17.9 Å². The zero-order chi connectivity index (χ0) is 18.5. The number of rotatable bonds is 6. The molecule has 6 nitrogen and oxygen atoms in total. The van der Waals surface area contributed by atoms with E-state index in [4.69, 9.17) is 4.74 Å². The molecule has 1 unspecified atom stereocenters. The van der Waals surface area contributed by atoms with Crippen molar-refractivity contribution in [1.29, 1.82) is 0 Å². The molecular formula is C20H22N2O4. The fourth-order valence-electron chi connectivity index (χ4n) is 3.56. The molecule has 2 aromatic rings. The molecule has 0 radical (unpaired) electrons. The number of aryl methyl sites for hydroxylation is 1. The van der Waals surface area contributed by atoms with Gasteiger partial charge in [-0.3, -0.25) is 14.9 Å². The van der Waals surface area contributed by atoms with Crippen LogP contribution in [0.3, 0.4) is 0 Å². The zero-order valence-corrected chi connectivity index (χ0v) is 14.7. The van der Waals surface area contributed by atoms with E-state index in [0.717, 1.165) is 25.0 Å². The molecule has 0 aromatic heterocycles. The van der Waals surface area contributed by atoms with Gasteiger partial charge in [-0.1, -0.05) is 24.3 Å². The summed E-state index contributed by atoms with van der Waals surface area (Å²) in [4.78, 5) is 23.0. The Kier molecular flexibility index (Phi) is 5.51. The van der Waals surface area contributed by atoms with Crippen molar-refractivity contribution in [2.75, 3.05) is 7.11 Å². The molecule has 26 heavy (non-hydrogen) atoms. The maximum Gasteiger partial charge on any atom is 0.274 e. The fourth-order valence-corrected chi connectivity index (χ4v) is 3.56. The van der Waals surface area contributed by atoms with Gasteiger partial charge in [-0.25, -0.2) is 0 Å². The van der Waals surface area contributed by atoms with Gasteiger partial charge in [-0.05, 0) is 48.4 Å². The van der Waals surface area contributed by atoms with E-state index in [9.17, 15) is 14.9 Å². The minimum atomic E-state index is -0.424. The Morgan fingerprint density at radius 2 is 2.12 bits per heavy atom. The second kappa shape index (κ2) is 7.99. The van der Waals surface area contributed by atoms with Crippen molar-refractivity contribution in [3.05, 3.63) is 69.3 Å². The third kappa shape index (κ3) is 4.02. The van der Waals surface area contributed by atoms with Gasteiger partial charge in [0.05, 0.1) is 12.0 Å². The highest BCUT2D eigenvalue weighted by Gasteiger charge is 2.23. The van der Waals surface area contributed by atoms with Gasteiger partial charge in [0.1, 0.15) is 5.75 Å². The van der Waals surface area contributed by atoms with Crippen molar-refractivity contribution >= 4 is 11.6 Å². The molecular weight excluding hydrogens is 332 g/mol. The lowest BCUT2D eigenvalue weighted by molar-refractivity contribution is -0.385. The number of hydrogen-bond donors (Lipinski definition) is 1. The minimum Gasteiger partial charge on any atom is -0.497 e. The Balaban J connectivity index is 1.64. The topological polar surface area (TPSA) is 81.5 Å². The summed E-state index contributed by atoms with van der Waals surface area (Å²) in [6.07, 6.45) is 3.40. The average Bonchev–Trinajstić information content (AvgIpc) is 2.66. The van der Waals surface area contributed by atoms with Crippen LogP contribution in [0.4, 0.5) is 5.69 Å². The number of nitrogens with zero attached hydrogens (tertiary/aromatic N) is 1. The normalized spacial score (nSPS) is 15.8. The molecule has 0 fully saturated rings. The largest absolute Gasteiger partial charge is 0.497 e. The maximum atomic E-state index is 12.4. The number of nitro groups is 1. The summed E-state index contributed by atoms with van der Waals surface area (Å²) in [5.74, 6) is 0.928. The SMILES string of the molecule is COc1ccc2c(c1)CCCC2CC(=O)NCc1ccccc1[N+](=O)[O-]. The molecule has 2 aromatic carbocycles. The lowest BCUT2D eigenvalue weighted by Crippen LogP contribution is -2.26. The molecule has 1 aliphatic carbocycles. The molecule has 0 saturated heterocycles. The number of amides is 1. The van der Waals surface area contributed by atoms with Crippen LogP contribution in [0.1, 0.15) is 41.9 Å². The number of ether oxygens (including phenoxy) is 1. The van der Waals surface area contributed by atoms with Crippen LogP contribution in [-0.2, 0) is 17.8 Å². The van der Waals surface area contributed by atoms with Gasteiger partial charge in [0, 0.05) is 24.6 Å². The number of hydrogen-bond acceptors (Lipinski definition) is 4. The summed E-state index contributed by atoms with van der Waals surface area (Å²) in [5, 5.41) is 13.9. The smallest absolute Gasteiger partial charge is 0.274 e. The molecule has 0 saturated carbocycles. The highest BCUT2D eigenvalue weighted by molar-refractivity contribution is 5.77. The predicted molar refractivity (Wildman–Crippen MR) is 98.2 cm³/mol. The second-order valence-corrected chi connectivity index (χ2v) is 6.52. The van der Waals surface area contributed by atoms with E-state index in [-0.39, 0.29) is 24.1 Å². The van der Waals surface area contributed by atoms with E-state index in [2.05, 4.69) is 5.32 Å². The van der Waals surface area contributed by atoms with Gasteiger partial charge >= 0.3 is 0 Å². The van der Waals surface area contributed by atoms with E-state index in [1.165, 1.54) is 17.2 Å². The number of nitro benzene ring substituents is 1. The first-order chi connectivity index (χ1) is 12.6. The minimum absolute atomic E-state index is 0.0305. The van der Waals surface area contributed by atoms with Crippen LogP contribution in [0.15, 0.2) is 42.5 Å². The molecule has 0 bridgehead atoms. The maximum absolute atomic E-state index is 12.4. The summed E-state index contributed by atoms with van der Waals surface area (Å²) in [7, 11) is 1.65. The van der Waals surface area contributed by atoms with Gasteiger partial charge in [-0.15, -0.1) is 0 Å². The van der Waals surface area contributed by atoms with E-state index in [0.29, 0.717) is 12.0 Å². The third-order valence-corrected chi connectivity index (χ3v) is 4.88. The van der Waals surface area contributed by atoms with Crippen molar-refractivity contribution in [3.63, 3.8) is 0 Å². The monoisotopic (exact) mass is 354 g/mol. The Morgan fingerprint density at radius 1 is 1.31 bits per heavy atom. The van der Waals surface area contributed by atoms with E-state index in [1.807, 2.05) is 18.2 Å². The van der Waals surface area contributed by atoms with Gasteiger partial charge in [-0.2, -0.15) is 0 Å². The van der Waals surface area contributed by atoms with Crippen molar-refractivity contribution in [1.82, 2.24) is 5.32 Å². The van der Waals surface area contributed by atoms with Gasteiger partial charge < -0.3 is 10.1 Å². The highest BCUT2D eigenvalue weighted by Crippen LogP contribution is 2.35. The van der Waals surface area contributed by atoms with E-state index < -0.39 is 4.92 Å². The summed E-state index contributed by atoms with van der Waals surface area (Å²) in [6.45, 7) is 0.165. The first kappa shape index (κ1) is 17.9. The lowest BCUT2D eigenvalue weighted by atomic mass is 9.81. The molecule has 0 heterocycles. The van der Waals surface area contributed by atoms with Crippen molar-refractivity contribution < 1.29 is 14.5 Å². The molecule has 1 N–H and O–H groups in total. The number of benzene rings is 2.